The Labute approximate surface area is 243 Å². The van der Waals surface area contributed by atoms with Crippen molar-refractivity contribution >= 4 is 0 Å². The van der Waals surface area contributed by atoms with Crippen LogP contribution in [0.3, 0.4) is 0 Å². The molecule has 0 amide bonds. The molecule has 0 N–H and O–H groups in total. The van der Waals surface area contributed by atoms with E-state index in [2.05, 4.69) is 15.9 Å². The molecule has 2 aromatic carbocycles. The first-order valence-corrected chi connectivity index (χ1v) is 12.9. The maximum Gasteiger partial charge on any atom is 1.00 e. The van der Waals surface area contributed by atoms with Gasteiger partial charge in [0.15, 0.2) is 0 Å². The normalized spacial score (nSPS) is 15.1. The van der Waals surface area contributed by atoms with Crippen LogP contribution in [0.1, 0.15) is 51.1 Å². The quantitative estimate of drug-likeness (QED) is 0.193. The van der Waals surface area contributed by atoms with Gasteiger partial charge >= 0.3 is 29.6 Å². The Hall–Kier alpha value is -2.36. The SMILES string of the molecule is CN(C[C@H](CC1CCCCC1)N(C[C@H](Cc1ccccc1)N(CCc1ccccc1)N=O)N=O)N=O.[H-].[Na+]. The summed E-state index contributed by atoms with van der Waals surface area (Å²) in [5, 5.41) is 14.2. The first kappa shape index (κ1) is 30.9. The van der Waals surface area contributed by atoms with Crippen LogP contribution in [0.5, 0.6) is 0 Å². The van der Waals surface area contributed by atoms with E-state index in [1.807, 2.05) is 60.7 Å². The summed E-state index contributed by atoms with van der Waals surface area (Å²) in [6.45, 7) is 0.978. The van der Waals surface area contributed by atoms with Crippen LogP contribution in [0.4, 0.5) is 0 Å². The molecule has 0 heterocycles. The van der Waals surface area contributed by atoms with Gasteiger partial charge in [-0.1, -0.05) is 92.8 Å². The van der Waals surface area contributed by atoms with Crippen molar-refractivity contribution in [1.82, 2.24) is 15.0 Å². The minimum absolute atomic E-state index is 0. The van der Waals surface area contributed by atoms with E-state index < -0.39 is 0 Å². The van der Waals surface area contributed by atoms with Crippen LogP contribution in [0.15, 0.2) is 76.5 Å². The van der Waals surface area contributed by atoms with Crippen LogP contribution in [-0.4, -0.2) is 53.8 Å². The zero-order valence-corrected chi connectivity index (χ0v) is 24.2. The second-order valence-electron chi connectivity index (χ2n) is 9.84. The molecule has 0 radical (unpaired) electrons. The first-order chi connectivity index (χ1) is 17.6. The second kappa shape index (κ2) is 17.2. The van der Waals surface area contributed by atoms with Crippen LogP contribution in [0.25, 0.3) is 0 Å². The molecule has 1 aliphatic carbocycles. The molecule has 0 saturated heterocycles. The Bertz CT molecular complexity index is 924. The molecule has 0 bridgehead atoms. The molecule has 196 valence electrons. The van der Waals surface area contributed by atoms with Gasteiger partial charge in [0, 0.05) is 13.6 Å². The molecule has 2 aromatic rings. The van der Waals surface area contributed by atoms with Crippen molar-refractivity contribution in [2.24, 2.45) is 21.8 Å². The predicted molar refractivity (Wildman–Crippen MR) is 144 cm³/mol. The molecule has 3 rings (SSSR count). The van der Waals surface area contributed by atoms with Crippen molar-refractivity contribution in [2.75, 3.05) is 26.7 Å². The Morgan fingerprint density at radius 1 is 0.784 bits per heavy atom. The predicted octanol–water partition coefficient (Wildman–Crippen LogP) is 2.88. The van der Waals surface area contributed by atoms with Crippen molar-refractivity contribution in [3.05, 3.63) is 86.5 Å². The van der Waals surface area contributed by atoms with E-state index in [0.29, 0.717) is 31.8 Å². The van der Waals surface area contributed by atoms with Crippen LogP contribution in [0, 0.1) is 20.6 Å². The van der Waals surface area contributed by atoms with E-state index in [1.165, 1.54) is 34.3 Å². The molecule has 0 aliphatic heterocycles. The van der Waals surface area contributed by atoms with Crippen LogP contribution in [0.2, 0.25) is 0 Å². The van der Waals surface area contributed by atoms with Crippen molar-refractivity contribution < 1.29 is 31.0 Å². The molecule has 0 aromatic heterocycles. The smallest absolute Gasteiger partial charge is 1.00 e. The van der Waals surface area contributed by atoms with Gasteiger partial charge in [0.25, 0.3) is 0 Å². The average molecular weight is 519 g/mol. The largest absolute Gasteiger partial charge is 1.00 e. The molecule has 1 saturated carbocycles. The third-order valence-corrected chi connectivity index (χ3v) is 7.18. The topological polar surface area (TPSA) is 98.0 Å². The molecule has 37 heavy (non-hydrogen) atoms. The number of hydrogen-bond acceptors (Lipinski definition) is 6. The minimum Gasteiger partial charge on any atom is -1.00 e. The molecular weight excluding hydrogens is 479 g/mol. The van der Waals surface area contributed by atoms with Crippen molar-refractivity contribution in [1.29, 1.82) is 0 Å². The van der Waals surface area contributed by atoms with E-state index in [-0.39, 0.29) is 49.6 Å². The number of rotatable bonds is 16. The standard InChI is InChI=1S/C27H38N6O3.Na.H/c1-31(28-34)21-26(19-24-13-7-3-8-14-24)33(30-36)22-27(20-25-15-9-4-10-16-25)32(29-35)18-17-23-11-5-2-6-12-23;;/h2,4-6,9-12,15-16,24,26-27H,3,7-8,13-14,17-22H2,1H3;;/q;+1;-1/t26-,27-;;/m0../s1. The maximum absolute atomic E-state index is 12.2. The summed E-state index contributed by atoms with van der Waals surface area (Å²) >= 11 is 0. The Morgan fingerprint density at radius 2 is 1.38 bits per heavy atom. The molecule has 2 atom stereocenters. The van der Waals surface area contributed by atoms with E-state index in [4.69, 9.17) is 0 Å². The fourth-order valence-electron chi connectivity index (χ4n) is 5.23. The van der Waals surface area contributed by atoms with Gasteiger partial charge < -0.3 is 1.43 Å². The third-order valence-electron chi connectivity index (χ3n) is 7.18. The Morgan fingerprint density at radius 3 is 1.95 bits per heavy atom. The van der Waals surface area contributed by atoms with Crippen molar-refractivity contribution in [2.45, 2.75) is 63.5 Å². The van der Waals surface area contributed by atoms with E-state index >= 15 is 0 Å². The number of nitrogens with zero attached hydrogens (tertiary/aromatic N) is 6. The van der Waals surface area contributed by atoms with Crippen LogP contribution >= 0.6 is 0 Å². The fraction of sp³-hybridized carbons (Fsp3) is 0.556. The maximum atomic E-state index is 12.2. The molecule has 9 nitrogen and oxygen atoms in total. The summed E-state index contributed by atoms with van der Waals surface area (Å²) < 4.78 is 0. The minimum atomic E-state index is -0.352. The number of nitroso groups, excluding NO2 is 3. The van der Waals surface area contributed by atoms with Gasteiger partial charge in [0.2, 0.25) is 0 Å². The first-order valence-electron chi connectivity index (χ1n) is 12.9. The monoisotopic (exact) mass is 518 g/mol. The summed E-state index contributed by atoms with van der Waals surface area (Å²) in [5.41, 5.74) is 2.17. The molecule has 10 heteroatoms. The van der Waals surface area contributed by atoms with Gasteiger partial charge in [-0.05, 0) is 36.3 Å². The number of likely N-dealkylation sites (N-methyl/N-ethyl adjacent to an activating group) is 1. The zero-order valence-electron chi connectivity index (χ0n) is 23.2. The number of benzene rings is 2. The van der Waals surface area contributed by atoms with Gasteiger partial charge in [0.05, 0.1) is 41.0 Å². The summed E-state index contributed by atoms with van der Waals surface area (Å²) in [6.07, 6.45) is 7.83. The summed E-state index contributed by atoms with van der Waals surface area (Å²) in [5.74, 6) is 0.485. The Kier molecular flexibility index (Phi) is 14.4. The van der Waals surface area contributed by atoms with Gasteiger partial charge in [-0.25, -0.2) is 0 Å². The van der Waals surface area contributed by atoms with Crippen molar-refractivity contribution in [3.63, 3.8) is 0 Å². The van der Waals surface area contributed by atoms with Gasteiger partial charge in [-0.15, -0.1) is 14.7 Å². The van der Waals surface area contributed by atoms with Crippen molar-refractivity contribution in [3.8, 4) is 0 Å². The van der Waals surface area contributed by atoms with E-state index in [1.54, 1.807) is 7.05 Å². The zero-order chi connectivity index (χ0) is 25.6. The van der Waals surface area contributed by atoms with E-state index in [0.717, 1.165) is 30.4 Å². The molecule has 1 aliphatic rings. The summed E-state index contributed by atoms with van der Waals surface area (Å²) in [7, 11) is 1.62. The molecule has 1 fully saturated rings. The second-order valence-corrected chi connectivity index (χ2v) is 9.84. The fourth-order valence-corrected chi connectivity index (χ4v) is 5.23. The van der Waals surface area contributed by atoms with Gasteiger partial charge in [-0.3, -0.25) is 15.0 Å². The average Bonchev–Trinajstić information content (AvgIpc) is 2.93. The van der Waals surface area contributed by atoms with Crippen LogP contribution < -0.4 is 29.6 Å². The Balaban J connectivity index is 0.00000361. The van der Waals surface area contributed by atoms with E-state index in [9.17, 15) is 14.7 Å². The molecular formula is C27H39N6NaO3. The third kappa shape index (κ3) is 10.5. The summed E-state index contributed by atoms with van der Waals surface area (Å²) in [4.78, 5) is 35.3. The van der Waals surface area contributed by atoms with Gasteiger partial charge in [0.1, 0.15) is 0 Å². The summed E-state index contributed by atoms with van der Waals surface area (Å²) in [6, 6.07) is 19.2. The number of hydrogen-bond donors (Lipinski definition) is 0. The molecule has 0 spiro atoms. The van der Waals surface area contributed by atoms with Gasteiger partial charge in [-0.2, -0.15) is 0 Å². The molecule has 0 unspecified atom stereocenters. The van der Waals surface area contributed by atoms with Crippen LogP contribution in [-0.2, 0) is 12.8 Å².